The van der Waals surface area contributed by atoms with Crippen LogP contribution in [0, 0.1) is 0 Å². The van der Waals surface area contributed by atoms with Gasteiger partial charge in [-0.25, -0.2) is 0 Å². The Labute approximate surface area is 175 Å². The van der Waals surface area contributed by atoms with Crippen molar-refractivity contribution in [3.63, 3.8) is 0 Å². The summed E-state index contributed by atoms with van der Waals surface area (Å²) in [6.07, 6.45) is 4.35. The predicted octanol–water partition coefficient (Wildman–Crippen LogP) is 5.99. The molecular formula is C25H23NO4. The number of fused-ring (bicyclic) bond motifs is 2. The first kappa shape index (κ1) is 18.7. The van der Waals surface area contributed by atoms with E-state index in [0.29, 0.717) is 41.4 Å². The molecule has 0 bridgehead atoms. The van der Waals surface area contributed by atoms with Gasteiger partial charge in [0, 0.05) is 23.6 Å². The van der Waals surface area contributed by atoms with Crippen LogP contribution < -0.4 is 4.74 Å². The van der Waals surface area contributed by atoms with E-state index in [1.54, 1.807) is 6.08 Å². The average Bonchev–Trinajstić information content (AvgIpc) is 3.39. The van der Waals surface area contributed by atoms with E-state index in [4.69, 9.17) is 9.26 Å². The summed E-state index contributed by atoms with van der Waals surface area (Å²) in [5, 5.41) is 13.9. The number of rotatable bonds is 4. The van der Waals surface area contributed by atoms with Crippen molar-refractivity contribution >= 4 is 11.9 Å². The van der Waals surface area contributed by atoms with Crippen LogP contribution >= 0.6 is 0 Å². The predicted molar refractivity (Wildman–Crippen MR) is 115 cm³/mol. The van der Waals surface area contributed by atoms with Crippen LogP contribution in [0.2, 0.25) is 0 Å². The zero-order chi connectivity index (χ0) is 20.9. The highest BCUT2D eigenvalue weighted by molar-refractivity contribution is 6.01. The van der Waals surface area contributed by atoms with Crippen molar-refractivity contribution in [1.82, 2.24) is 5.16 Å². The van der Waals surface area contributed by atoms with Crippen LogP contribution in [-0.4, -0.2) is 21.6 Å². The molecule has 2 aliphatic rings. The van der Waals surface area contributed by atoms with E-state index in [2.05, 4.69) is 19.0 Å². The monoisotopic (exact) mass is 401 g/mol. The quantitative estimate of drug-likeness (QED) is 0.581. The molecule has 1 N–H and O–H groups in total. The first-order valence-corrected chi connectivity index (χ1v) is 10.4. The van der Waals surface area contributed by atoms with Gasteiger partial charge in [0.15, 0.2) is 11.5 Å². The van der Waals surface area contributed by atoms with Gasteiger partial charge < -0.3 is 14.4 Å². The molecule has 0 amide bonds. The lowest BCUT2D eigenvalue weighted by Gasteiger charge is -2.36. The fourth-order valence-corrected chi connectivity index (χ4v) is 4.31. The Bertz CT molecular complexity index is 1180. The number of aliphatic hydroxyl groups is 1. The second-order valence-corrected chi connectivity index (χ2v) is 8.11. The SMILES string of the molecule is CCC1(CC)CC(=O)c2cc(-c3cc(-c4ccc5c(c4)C=C(O)C5)no3)ccc2O1. The van der Waals surface area contributed by atoms with Crippen LogP contribution in [0.15, 0.2) is 52.7 Å². The second-order valence-electron chi connectivity index (χ2n) is 8.11. The van der Waals surface area contributed by atoms with Gasteiger partial charge in [0.25, 0.3) is 0 Å². The van der Waals surface area contributed by atoms with Gasteiger partial charge in [-0.15, -0.1) is 0 Å². The number of carbonyl (C=O) groups excluding carboxylic acids is 1. The minimum atomic E-state index is -0.401. The first-order valence-electron chi connectivity index (χ1n) is 10.4. The molecule has 2 heterocycles. The zero-order valence-corrected chi connectivity index (χ0v) is 17.1. The van der Waals surface area contributed by atoms with Gasteiger partial charge in [-0.05, 0) is 54.3 Å². The summed E-state index contributed by atoms with van der Waals surface area (Å²) >= 11 is 0. The van der Waals surface area contributed by atoms with E-state index >= 15 is 0 Å². The van der Waals surface area contributed by atoms with Gasteiger partial charge in [-0.1, -0.05) is 31.1 Å². The highest BCUT2D eigenvalue weighted by Gasteiger charge is 2.37. The molecule has 0 saturated heterocycles. The number of aromatic nitrogens is 1. The topological polar surface area (TPSA) is 72.6 Å². The number of allylic oxidation sites excluding steroid dienone is 1. The Morgan fingerprint density at radius 2 is 1.87 bits per heavy atom. The highest BCUT2D eigenvalue weighted by atomic mass is 16.5. The van der Waals surface area contributed by atoms with Gasteiger partial charge in [0.1, 0.15) is 17.0 Å². The third-order valence-electron chi connectivity index (χ3n) is 6.31. The third-order valence-corrected chi connectivity index (χ3v) is 6.31. The summed E-state index contributed by atoms with van der Waals surface area (Å²) in [6, 6.07) is 13.4. The molecule has 1 aliphatic heterocycles. The summed E-state index contributed by atoms with van der Waals surface area (Å²) < 4.78 is 11.8. The molecule has 0 spiro atoms. The van der Waals surface area contributed by atoms with Crippen molar-refractivity contribution in [2.24, 2.45) is 0 Å². The van der Waals surface area contributed by atoms with Crippen LogP contribution in [0.3, 0.4) is 0 Å². The van der Waals surface area contributed by atoms with E-state index in [1.165, 1.54) is 0 Å². The number of nitrogens with zero attached hydrogens (tertiary/aromatic N) is 1. The maximum atomic E-state index is 12.8. The molecule has 0 atom stereocenters. The lowest BCUT2D eigenvalue weighted by molar-refractivity contribution is 0.0350. The maximum Gasteiger partial charge on any atom is 0.170 e. The van der Waals surface area contributed by atoms with Crippen molar-refractivity contribution in [3.05, 3.63) is 64.9 Å². The van der Waals surface area contributed by atoms with Crippen molar-refractivity contribution in [2.45, 2.75) is 45.1 Å². The molecule has 1 aliphatic carbocycles. The van der Waals surface area contributed by atoms with Crippen LogP contribution in [0.25, 0.3) is 28.7 Å². The van der Waals surface area contributed by atoms with Gasteiger partial charge in [-0.2, -0.15) is 0 Å². The molecule has 1 aromatic heterocycles. The molecule has 2 aromatic carbocycles. The lowest BCUT2D eigenvalue weighted by Crippen LogP contribution is -2.40. The number of benzene rings is 2. The lowest BCUT2D eigenvalue weighted by atomic mass is 9.85. The molecule has 30 heavy (non-hydrogen) atoms. The Hall–Kier alpha value is -3.34. The second kappa shape index (κ2) is 6.87. The summed E-state index contributed by atoms with van der Waals surface area (Å²) in [5.41, 5.74) is 4.72. The summed E-state index contributed by atoms with van der Waals surface area (Å²) in [7, 11) is 0. The van der Waals surface area contributed by atoms with Crippen LogP contribution in [-0.2, 0) is 6.42 Å². The Morgan fingerprint density at radius 1 is 1.07 bits per heavy atom. The number of hydrogen-bond donors (Lipinski definition) is 1. The number of hydrogen-bond acceptors (Lipinski definition) is 5. The van der Waals surface area contributed by atoms with E-state index in [-0.39, 0.29) is 5.78 Å². The Kier molecular flexibility index (Phi) is 4.28. The summed E-state index contributed by atoms with van der Waals surface area (Å²) in [5.74, 6) is 1.72. The van der Waals surface area contributed by atoms with Crippen molar-refractivity contribution in [2.75, 3.05) is 0 Å². The molecular weight excluding hydrogens is 378 g/mol. The van der Waals surface area contributed by atoms with Gasteiger partial charge in [-0.3, -0.25) is 4.79 Å². The van der Waals surface area contributed by atoms with Crippen LogP contribution in [0.1, 0.15) is 54.6 Å². The molecule has 152 valence electrons. The number of carbonyl (C=O) groups is 1. The fraction of sp³-hybridized carbons (Fsp3) is 0.280. The minimum Gasteiger partial charge on any atom is -0.512 e. The Balaban J connectivity index is 1.46. The number of Topliss-reactive ketones (excluding diaryl/α,β-unsaturated/α-hetero) is 1. The smallest absolute Gasteiger partial charge is 0.170 e. The number of aliphatic hydroxyl groups excluding tert-OH is 1. The molecule has 0 fully saturated rings. The molecule has 0 radical (unpaired) electrons. The molecule has 5 rings (SSSR count). The first-order chi connectivity index (χ1) is 14.5. The normalized spacial score (nSPS) is 16.6. The minimum absolute atomic E-state index is 0.103. The van der Waals surface area contributed by atoms with Gasteiger partial charge in [0.05, 0.1) is 17.7 Å². The maximum absolute atomic E-state index is 12.8. The van der Waals surface area contributed by atoms with E-state index in [0.717, 1.165) is 35.1 Å². The summed E-state index contributed by atoms with van der Waals surface area (Å²) in [4.78, 5) is 12.8. The largest absolute Gasteiger partial charge is 0.512 e. The van der Waals surface area contributed by atoms with Gasteiger partial charge >= 0.3 is 0 Å². The van der Waals surface area contributed by atoms with Crippen molar-refractivity contribution in [3.8, 4) is 28.3 Å². The molecule has 3 aromatic rings. The molecule has 0 saturated carbocycles. The van der Waals surface area contributed by atoms with Crippen molar-refractivity contribution in [1.29, 1.82) is 0 Å². The third kappa shape index (κ3) is 3.02. The van der Waals surface area contributed by atoms with E-state index in [9.17, 15) is 9.90 Å². The van der Waals surface area contributed by atoms with E-state index in [1.807, 2.05) is 42.5 Å². The zero-order valence-electron chi connectivity index (χ0n) is 17.1. The molecule has 5 nitrogen and oxygen atoms in total. The summed E-state index contributed by atoms with van der Waals surface area (Å²) in [6.45, 7) is 4.12. The number of ether oxygens (including phenoxy) is 1. The average molecular weight is 401 g/mol. The van der Waals surface area contributed by atoms with Crippen LogP contribution in [0.4, 0.5) is 0 Å². The van der Waals surface area contributed by atoms with Crippen molar-refractivity contribution < 1.29 is 19.2 Å². The fourth-order valence-electron chi connectivity index (χ4n) is 4.31. The van der Waals surface area contributed by atoms with E-state index < -0.39 is 5.60 Å². The van der Waals surface area contributed by atoms with Gasteiger partial charge in [0.2, 0.25) is 0 Å². The Morgan fingerprint density at radius 3 is 2.67 bits per heavy atom. The standard InChI is InChI=1S/C25H23NO4/c1-3-25(4-2)14-22(28)20-12-17(7-8-23(20)29-25)24-13-21(26-30-24)16-6-5-15-10-19(27)11-18(15)9-16/h5-9,11-13,27H,3-4,10,14H2,1-2H3. The van der Waals surface area contributed by atoms with Crippen LogP contribution in [0.5, 0.6) is 5.75 Å². The molecule has 0 unspecified atom stereocenters. The highest BCUT2D eigenvalue weighted by Crippen LogP contribution is 2.39. The number of ketones is 1. The molecule has 5 heteroatoms.